The van der Waals surface area contributed by atoms with Gasteiger partial charge in [0.2, 0.25) is 5.91 Å². The minimum absolute atomic E-state index is 0.0534. The van der Waals surface area contributed by atoms with Crippen LogP contribution in [0.25, 0.3) is 0 Å². The number of rotatable bonds is 1. The van der Waals surface area contributed by atoms with Crippen LogP contribution in [0.2, 0.25) is 0 Å². The van der Waals surface area contributed by atoms with E-state index < -0.39 is 0 Å². The molecule has 120 valence electrons. The number of nitrogens with two attached hydrogens (primary N) is 1. The molecule has 4 aliphatic carbocycles. The summed E-state index contributed by atoms with van der Waals surface area (Å²) in [5.74, 6) is 2.33. The van der Waals surface area contributed by atoms with Crippen LogP contribution in [0.4, 0.5) is 0 Å². The van der Waals surface area contributed by atoms with Gasteiger partial charge in [-0.05, 0) is 79.1 Å². The normalized spacial score (nSPS) is 49.8. The van der Waals surface area contributed by atoms with Crippen molar-refractivity contribution in [2.24, 2.45) is 40.2 Å². The van der Waals surface area contributed by atoms with Gasteiger partial charge >= 0.3 is 0 Å². The number of fused-ring (bicyclic) bond motifs is 5. The van der Waals surface area contributed by atoms with Crippen molar-refractivity contribution >= 4 is 5.91 Å². The summed E-state index contributed by atoms with van der Waals surface area (Å²) in [7, 11) is 0. The van der Waals surface area contributed by atoms with Crippen molar-refractivity contribution in [1.82, 2.24) is 0 Å². The topological polar surface area (TPSA) is 43.1 Å². The molecule has 4 rings (SSSR count). The highest BCUT2D eigenvalue weighted by Crippen LogP contribution is 2.65. The molecule has 0 bridgehead atoms. The molecule has 2 heteroatoms. The van der Waals surface area contributed by atoms with Crippen LogP contribution >= 0.6 is 0 Å². The molecular formula is C20H29NO. The van der Waals surface area contributed by atoms with Gasteiger partial charge in [0, 0.05) is 5.92 Å². The number of primary amides is 1. The van der Waals surface area contributed by atoms with Crippen molar-refractivity contribution in [2.45, 2.75) is 58.8 Å². The summed E-state index contributed by atoms with van der Waals surface area (Å²) in [4.78, 5) is 11.9. The van der Waals surface area contributed by atoms with Crippen LogP contribution in [0.3, 0.4) is 0 Å². The lowest BCUT2D eigenvalue weighted by Gasteiger charge is -2.56. The predicted molar refractivity (Wildman–Crippen MR) is 88.9 cm³/mol. The number of hydrogen-bond acceptors (Lipinski definition) is 1. The second-order valence-electron chi connectivity index (χ2n) is 8.71. The second-order valence-corrected chi connectivity index (χ2v) is 8.71. The molecule has 0 radical (unpaired) electrons. The van der Waals surface area contributed by atoms with E-state index >= 15 is 0 Å². The molecule has 0 aromatic heterocycles. The maximum absolute atomic E-state index is 11.9. The van der Waals surface area contributed by atoms with Crippen molar-refractivity contribution in [3.05, 3.63) is 23.8 Å². The molecule has 0 spiro atoms. The molecule has 1 unspecified atom stereocenters. The molecule has 0 aliphatic heterocycles. The van der Waals surface area contributed by atoms with Gasteiger partial charge in [0.15, 0.2) is 0 Å². The molecule has 2 nitrogen and oxygen atoms in total. The lowest BCUT2D eigenvalue weighted by Crippen LogP contribution is -2.50. The molecule has 0 heterocycles. The van der Waals surface area contributed by atoms with Crippen LogP contribution in [0, 0.1) is 34.5 Å². The van der Waals surface area contributed by atoms with E-state index in [1.54, 1.807) is 5.57 Å². The average molecular weight is 299 g/mol. The highest BCUT2D eigenvalue weighted by molar-refractivity contribution is 5.78. The third kappa shape index (κ3) is 1.76. The quantitative estimate of drug-likeness (QED) is 0.774. The Morgan fingerprint density at radius 2 is 2.00 bits per heavy atom. The number of amides is 1. The maximum Gasteiger partial charge on any atom is 0.221 e. The van der Waals surface area contributed by atoms with Gasteiger partial charge in [0.25, 0.3) is 0 Å². The van der Waals surface area contributed by atoms with E-state index in [1.807, 2.05) is 0 Å². The van der Waals surface area contributed by atoms with Crippen LogP contribution in [-0.4, -0.2) is 5.91 Å². The first kappa shape index (κ1) is 14.5. The Hall–Kier alpha value is -1.05. The summed E-state index contributed by atoms with van der Waals surface area (Å²) in [6.07, 6.45) is 15.7. The molecule has 2 saturated carbocycles. The third-order valence-electron chi connectivity index (χ3n) is 8.00. The van der Waals surface area contributed by atoms with Gasteiger partial charge in [-0.1, -0.05) is 32.1 Å². The number of carbonyl (C=O) groups is 1. The van der Waals surface area contributed by atoms with Crippen LogP contribution in [0.5, 0.6) is 0 Å². The summed E-state index contributed by atoms with van der Waals surface area (Å²) in [6, 6.07) is 0. The first-order chi connectivity index (χ1) is 10.5. The van der Waals surface area contributed by atoms with Crippen LogP contribution in [0.1, 0.15) is 58.8 Å². The Morgan fingerprint density at radius 1 is 1.18 bits per heavy atom. The maximum atomic E-state index is 11.9. The summed E-state index contributed by atoms with van der Waals surface area (Å²) >= 11 is 0. The van der Waals surface area contributed by atoms with Gasteiger partial charge in [-0.3, -0.25) is 4.79 Å². The lowest BCUT2D eigenvalue weighted by atomic mass is 9.48. The molecule has 0 aromatic rings. The monoisotopic (exact) mass is 299 g/mol. The highest BCUT2D eigenvalue weighted by atomic mass is 16.1. The number of hydrogen-bond donors (Lipinski definition) is 1. The number of allylic oxidation sites excluding steroid dienone is 4. The van der Waals surface area contributed by atoms with E-state index in [2.05, 4.69) is 32.1 Å². The van der Waals surface area contributed by atoms with Crippen molar-refractivity contribution in [3.8, 4) is 0 Å². The van der Waals surface area contributed by atoms with Crippen molar-refractivity contribution in [3.63, 3.8) is 0 Å². The molecule has 22 heavy (non-hydrogen) atoms. The molecular weight excluding hydrogens is 270 g/mol. The zero-order valence-electron chi connectivity index (χ0n) is 14.0. The van der Waals surface area contributed by atoms with E-state index in [9.17, 15) is 4.79 Å². The third-order valence-corrected chi connectivity index (χ3v) is 8.00. The smallest absolute Gasteiger partial charge is 0.221 e. The van der Waals surface area contributed by atoms with Gasteiger partial charge in [0.05, 0.1) is 0 Å². The van der Waals surface area contributed by atoms with Crippen LogP contribution in [0.15, 0.2) is 23.8 Å². The van der Waals surface area contributed by atoms with Crippen molar-refractivity contribution in [1.29, 1.82) is 0 Å². The molecule has 1 amide bonds. The van der Waals surface area contributed by atoms with E-state index in [4.69, 9.17) is 5.73 Å². The lowest BCUT2D eigenvalue weighted by molar-refractivity contribution is -0.128. The first-order valence-corrected chi connectivity index (χ1v) is 9.13. The minimum atomic E-state index is -0.0534. The average Bonchev–Trinajstić information content (AvgIpc) is 2.84. The van der Waals surface area contributed by atoms with Crippen molar-refractivity contribution < 1.29 is 4.79 Å². The number of carbonyl (C=O) groups excluding carboxylic acids is 1. The Labute approximate surface area is 134 Å². The van der Waals surface area contributed by atoms with Crippen molar-refractivity contribution in [2.75, 3.05) is 0 Å². The fourth-order valence-electron chi connectivity index (χ4n) is 6.77. The van der Waals surface area contributed by atoms with Crippen LogP contribution in [-0.2, 0) is 4.79 Å². The zero-order chi connectivity index (χ0) is 15.5. The zero-order valence-corrected chi connectivity index (χ0v) is 14.0. The van der Waals surface area contributed by atoms with Crippen LogP contribution < -0.4 is 5.73 Å². The van der Waals surface area contributed by atoms with E-state index in [1.165, 1.54) is 38.5 Å². The van der Waals surface area contributed by atoms with E-state index in [0.29, 0.717) is 11.3 Å². The van der Waals surface area contributed by atoms with E-state index in [0.717, 1.165) is 18.3 Å². The molecule has 4 aliphatic rings. The molecule has 2 N–H and O–H groups in total. The largest absolute Gasteiger partial charge is 0.369 e. The Morgan fingerprint density at radius 3 is 2.77 bits per heavy atom. The minimum Gasteiger partial charge on any atom is -0.369 e. The molecule has 0 saturated heterocycles. The fraction of sp³-hybridized carbons (Fsp3) is 0.750. The summed E-state index contributed by atoms with van der Waals surface area (Å²) in [5, 5.41) is 0. The molecule has 6 atom stereocenters. The van der Waals surface area contributed by atoms with Gasteiger partial charge in [-0.25, -0.2) is 0 Å². The second kappa shape index (κ2) is 4.72. The van der Waals surface area contributed by atoms with Gasteiger partial charge < -0.3 is 5.73 Å². The van der Waals surface area contributed by atoms with E-state index in [-0.39, 0.29) is 17.2 Å². The SMILES string of the molecule is C[C@]12CCC=CC1=CC[C@@H]1[C@H]2CC[C@]2(C)C(C(N)=O)CC[C@@H]12. The molecule has 2 fully saturated rings. The predicted octanol–water partition coefficient (Wildman–Crippen LogP) is 4.22. The van der Waals surface area contributed by atoms with Gasteiger partial charge in [-0.15, -0.1) is 0 Å². The van der Waals surface area contributed by atoms with Gasteiger partial charge in [0.1, 0.15) is 0 Å². The fourth-order valence-corrected chi connectivity index (χ4v) is 6.77. The Bertz CT molecular complexity index is 562. The summed E-state index contributed by atoms with van der Waals surface area (Å²) in [6.45, 7) is 4.86. The highest BCUT2D eigenvalue weighted by Gasteiger charge is 2.58. The summed E-state index contributed by atoms with van der Waals surface area (Å²) < 4.78 is 0. The Balaban J connectivity index is 1.70. The Kier molecular flexibility index (Phi) is 3.12. The first-order valence-electron chi connectivity index (χ1n) is 9.13. The van der Waals surface area contributed by atoms with Gasteiger partial charge in [-0.2, -0.15) is 0 Å². The molecule has 0 aromatic carbocycles. The summed E-state index contributed by atoms with van der Waals surface area (Å²) in [5.41, 5.74) is 7.87. The standard InChI is InChI=1S/C20H29NO/c1-19-11-4-3-5-13(19)6-7-14-15-8-9-17(18(21)22)20(15,2)12-10-16(14)19/h3,5-6,14-17H,4,7-12H2,1-2H3,(H2,21,22)/t14-,15-,16+,17?,19-,20-/m0/s1.